The second-order valence-electron chi connectivity index (χ2n) is 5.93. The number of nitrogens with one attached hydrogen (secondary N) is 2. The summed E-state index contributed by atoms with van der Waals surface area (Å²) < 4.78 is 0. The summed E-state index contributed by atoms with van der Waals surface area (Å²) in [5, 5.41) is 5.42. The van der Waals surface area contributed by atoms with Gasteiger partial charge >= 0.3 is 6.03 Å². The summed E-state index contributed by atoms with van der Waals surface area (Å²) in [6.45, 7) is 5.74. The molecule has 0 aromatic heterocycles. The van der Waals surface area contributed by atoms with Gasteiger partial charge in [0.25, 0.3) is 0 Å². The number of anilines is 2. The lowest BCUT2D eigenvalue weighted by Gasteiger charge is -2.24. The van der Waals surface area contributed by atoms with E-state index in [0.29, 0.717) is 0 Å². The number of nitrogens with two attached hydrogens (primary N) is 1. The van der Waals surface area contributed by atoms with Gasteiger partial charge in [-0.2, -0.15) is 0 Å². The molecule has 6 nitrogen and oxygen atoms in total. The molecular weight excluding hydrogens is 280 g/mol. The van der Waals surface area contributed by atoms with E-state index in [-0.39, 0.29) is 11.8 Å². The van der Waals surface area contributed by atoms with E-state index in [2.05, 4.69) is 15.5 Å². The molecule has 0 bridgehead atoms. The maximum atomic E-state index is 12.5. The first kappa shape index (κ1) is 16.1. The first-order valence-corrected chi connectivity index (χ1v) is 7.70. The number of hydrogen-bond acceptors (Lipinski definition) is 3. The Kier molecular flexibility index (Phi) is 5.25. The molecule has 1 heterocycles. The second-order valence-corrected chi connectivity index (χ2v) is 5.93. The Hall–Kier alpha value is -2.24. The number of urea groups is 1. The molecule has 22 heavy (non-hydrogen) atoms. The van der Waals surface area contributed by atoms with Crippen LogP contribution in [0.5, 0.6) is 0 Å². The van der Waals surface area contributed by atoms with Crippen LogP contribution in [0.2, 0.25) is 0 Å². The van der Waals surface area contributed by atoms with Crippen LogP contribution in [0.1, 0.15) is 26.7 Å². The summed E-state index contributed by atoms with van der Waals surface area (Å²) in [4.78, 5) is 25.8. The van der Waals surface area contributed by atoms with E-state index in [1.54, 1.807) is 0 Å². The maximum absolute atomic E-state index is 12.5. The number of para-hydroxylation sites is 2. The molecular formula is C16H24N4O2. The van der Waals surface area contributed by atoms with Crippen molar-refractivity contribution in [2.45, 2.75) is 32.7 Å². The standard InChI is InChI=1S/C16H24N4O2/c1-11(2)14(19-16(17)22)15(21)18-12-7-3-4-8-13(12)20-9-5-6-10-20/h3-4,7-8,11,14H,5-6,9-10H2,1-2H3,(H,18,21)(H3,17,19,22)/t14-/m1/s1. The van der Waals surface area contributed by atoms with Crippen molar-refractivity contribution in [2.75, 3.05) is 23.3 Å². The van der Waals surface area contributed by atoms with Gasteiger partial charge in [-0.1, -0.05) is 26.0 Å². The van der Waals surface area contributed by atoms with Crippen LogP contribution in [0.4, 0.5) is 16.2 Å². The zero-order valence-electron chi connectivity index (χ0n) is 13.1. The first-order chi connectivity index (χ1) is 10.5. The van der Waals surface area contributed by atoms with Crippen molar-refractivity contribution in [1.82, 2.24) is 5.32 Å². The minimum Gasteiger partial charge on any atom is -0.370 e. The molecule has 1 aliphatic heterocycles. The van der Waals surface area contributed by atoms with E-state index in [4.69, 9.17) is 5.73 Å². The molecule has 0 saturated carbocycles. The van der Waals surface area contributed by atoms with Gasteiger partial charge < -0.3 is 21.3 Å². The summed E-state index contributed by atoms with van der Waals surface area (Å²) >= 11 is 0. The van der Waals surface area contributed by atoms with E-state index in [1.165, 1.54) is 12.8 Å². The van der Waals surface area contributed by atoms with Gasteiger partial charge in [-0.25, -0.2) is 4.79 Å². The fourth-order valence-electron chi connectivity index (χ4n) is 2.71. The topological polar surface area (TPSA) is 87.5 Å². The summed E-state index contributed by atoms with van der Waals surface area (Å²) in [5.74, 6) is -0.299. The number of primary amides is 1. The molecule has 2 rings (SSSR count). The summed E-state index contributed by atoms with van der Waals surface area (Å²) in [5.41, 5.74) is 6.95. The highest BCUT2D eigenvalue weighted by molar-refractivity contribution is 5.99. The van der Waals surface area contributed by atoms with E-state index < -0.39 is 12.1 Å². The van der Waals surface area contributed by atoms with Gasteiger partial charge in [0, 0.05) is 13.1 Å². The minimum absolute atomic E-state index is 0.0496. The van der Waals surface area contributed by atoms with Crippen molar-refractivity contribution in [2.24, 2.45) is 11.7 Å². The Morgan fingerprint density at radius 3 is 2.41 bits per heavy atom. The molecule has 1 fully saturated rings. The summed E-state index contributed by atoms with van der Waals surface area (Å²) in [7, 11) is 0. The average Bonchev–Trinajstić information content (AvgIpc) is 2.98. The molecule has 0 aliphatic carbocycles. The highest BCUT2D eigenvalue weighted by atomic mass is 16.2. The van der Waals surface area contributed by atoms with Crippen LogP contribution in [0.3, 0.4) is 0 Å². The number of benzene rings is 1. The Morgan fingerprint density at radius 1 is 1.18 bits per heavy atom. The van der Waals surface area contributed by atoms with E-state index >= 15 is 0 Å². The third-order valence-electron chi connectivity index (χ3n) is 3.86. The molecule has 4 N–H and O–H groups in total. The Balaban J connectivity index is 2.15. The lowest BCUT2D eigenvalue weighted by atomic mass is 10.0. The Labute approximate surface area is 131 Å². The maximum Gasteiger partial charge on any atom is 0.312 e. The first-order valence-electron chi connectivity index (χ1n) is 7.70. The van der Waals surface area contributed by atoms with E-state index in [0.717, 1.165) is 24.5 Å². The van der Waals surface area contributed by atoms with Crippen LogP contribution in [0, 0.1) is 5.92 Å². The lowest BCUT2D eigenvalue weighted by Crippen LogP contribution is -2.49. The average molecular weight is 304 g/mol. The largest absolute Gasteiger partial charge is 0.370 e. The molecule has 0 radical (unpaired) electrons. The SMILES string of the molecule is CC(C)[C@@H](NC(N)=O)C(=O)Nc1ccccc1N1CCCC1. The highest BCUT2D eigenvalue weighted by Crippen LogP contribution is 2.28. The molecule has 1 atom stereocenters. The van der Waals surface area contributed by atoms with Gasteiger partial charge in [-0.15, -0.1) is 0 Å². The zero-order chi connectivity index (χ0) is 16.1. The van der Waals surface area contributed by atoms with Crippen LogP contribution in [0.15, 0.2) is 24.3 Å². The van der Waals surface area contributed by atoms with Gasteiger partial charge in [-0.05, 0) is 30.9 Å². The number of carbonyl (C=O) groups excluding carboxylic acids is 2. The lowest BCUT2D eigenvalue weighted by molar-refractivity contribution is -0.118. The Bertz CT molecular complexity index is 539. The molecule has 1 aromatic rings. The normalized spacial score (nSPS) is 15.7. The fourth-order valence-corrected chi connectivity index (χ4v) is 2.71. The monoisotopic (exact) mass is 304 g/mol. The third-order valence-corrected chi connectivity index (χ3v) is 3.86. The number of carbonyl (C=O) groups is 2. The minimum atomic E-state index is -0.693. The molecule has 1 aromatic carbocycles. The summed E-state index contributed by atoms with van der Waals surface area (Å²) in [6.07, 6.45) is 2.33. The van der Waals surface area contributed by atoms with Crippen molar-refractivity contribution in [3.63, 3.8) is 0 Å². The molecule has 6 heteroatoms. The second kappa shape index (κ2) is 7.15. The van der Waals surface area contributed by atoms with Gasteiger partial charge in [-0.3, -0.25) is 4.79 Å². The quantitative estimate of drug-likeness (QED) is 0.776. The smallest absolute Gasteiger partial charge is 0.312 e. The third kappa shape index (κ3) is 3.90. The van der Waals surface area contributed by atoms with Crippen LogP contribution in [-0.2, 0) is 4.79 Å². The van der Waals surface area contributed by atoms with Crippen molar-refractivity contribution < 1.29 is 9.59 Å². The predicted molar refractivity (Wildman–Crippen MR) is 87.9 cm³/mol. The molecule has 3 amide bonds. The fraction of sp³-hybridized carbons (Fsp3) is 0.500. The van der Waals surface area contributed by atoms with Crippen LogP contribution < -0.4 is 21.3 Å². The van der Waals surface area contributed by atoms with Crippen molar-refractivity contribution >= 4 is 23.3 Å². The van der Waals surface area contributed by atoms with Crippen LogP contribution >= 0.6 is 0 Å². The number of hydrogen-bond donors (Lipinski definition) is 3. The number of amides is 3. The van der Waals surface area contributed by atoms with E-state index in [9.17, 15) is 9.59 Å². The molecule has 120 valence electrons. The van der Waals surface area contributed by atoms with E-state index in [1.807, 2.05) is 38.1 Å². The number of rotatable bonds is 5. The van der Waals surface area contributed by atoms with Gasteiger partial charge in [0.05, 0.1) is 11.4 Å². The zero-order valence-corrected chi connectivity index (χ0v) is 13.1. The van der Waals surface area contributed by atoms with Gasteiger partial charge in [0.15, 0.2) is 0 Å². The number of nitrogens with zero attached hydrogens (tertiary/aromatic N) is 1. The van der Waals surface area contributed by atoms with Gasteiger partial charge in [0.1, 0.15) is 6.04 Å². The molecule has 0 spiro atoms. The summed E-state index contributed by atoms with van der Waals surface area (Å²) in [6, 6.07) is 6.40. The molecule has 1 saturated heterocycles. The van der Waals surface area contributed by atoms with Crippen molar-refractivity contribution in [3.05, 3.63) is 24.3 Å². The van der Waals surface area contributed by atoms with Gasteiger partial charge in [0.2, 0.25) is 5.91 Å². The molecule has 0 unspecified atom stereocenters. The van der Waals surface area contributed by atoms with Crippen molar-refractivity contribution in [3.8, 4) is 0 Å². The van der Waals surface area contributed by atoms with Crippen molar-refractivity contribution in [1.29, 1.82) is 0 Å². The molecule has 1 aliphatic rings. The predicted octanol–water partition coefficient (Wildman–Crippen LogP) is 1.92. The highest BCUT2D eigenvalue weighted by Gasteiger charge is 2.25. The van der Waals surface area contributed by atoms with Crippen LogP contribution in [0.25, 0.3) is 0 Å². The Morgan fingerprint density at radius 2 is 1.82 bits per heavy atom. The van der Waals surface area contributed by atoms with Crippen LogP contribution in [-0.4, -0.2) is 31.1 Å².